The van der Waals surface area contributed by atoms with Gasteiger partial charge < -0.3 is 5.32 Å². The molecule has 0 aliphatic heterocycles. The summed E-state index contributed by atoms with van der Waals surface area (Å²) in [5.41, 5.74) is -0.446. The van der Waals surface area contributed by atoms with Crippen LogP contribution in [0.3, 0.4) is 0 Å². The lowest BCUT2D eigenvalue weighted by atomic mass is 9.96. The molecule has 114 valence electrons. The van der Waals surface area contributed by atoms with Crippen LogP contribution in [0.1, 0.15) is 47.0 Å². The Kier molecular flexibility index (Phi) is 7.59. The molecule has 0 atom stereocenters. The van der Waals surface area contributed by atoms with Gasteiger partial charge >= 0.3 is 0 Å². The summed E-state index contributed by atoms with van der Waals surface area (Å²) < 4.78 is 24.7. The van der Waals surface area contributed by atoms with Crippen molar-refractivity contribution >= 4 is 15.9 Å². The van der Waals surface area contributed by atoms with E-state index >= 15 is 0 Å². The lowest BCUT2D eigenvalue weighted by Gasteiger charge is -2.22. The molecule has 0 spiro atoms. The molecule has 0 unspecified atom stereocenters. The van der Waals surface area contributed by atoms with Gasteiger partial charge in [-0.25, -0.2) is 12.7 Å². The van der Waals surface area contributed by atoms with Crippen LogP contribution < -0.4 is 5.32 Å². The number of nitrogens with one attached hydrogen (secondary N) is 1. The van der Waals surface area contributed by atoms with Gasteiger partial charge in [0.1, 0.15) is 0 Å². The number of rotatable bonds is 8. The van der Waals surface area contributed by atoms with Crippen LogP contribution in [0, 0.1) is 5.41 Å². The largest absolute Gasteiger partial charge is 0.354 e. The van der Waals surface area contributed by atoms with Crippen LogP contribution in [0.5, 0.6) is 0 Å². The van der Waals surface area contributed by atoms with Gasteiger partial charge in [-0.15, -0.1) is 0 Å². The third-order valence-corrected chi connectivity index (χ3v) is 4.11. The van der Waals surface area contributed by atoms with Crippen LogP contribution in [0.4, 0.5) is 0 Å². The molecule has 5 nitrogen and oxygen atoms in total. The predicted molar refractivity (Wildman–Crippen MR) is 78.4 cm³/mol. The number of sulfonamides is 1. The lowest BCUT2D eigenvalue weighted by molar-refractivity contribution is -0.128. The first kappa shape index (κ1) is 18.4. The van der Waals surface area contributed by atoms with Crippen LogP contribution in [0.15, 0.2) is 0 Å². The molecule has 0 aromatic rings. The minimum atomic E-state index is -3.20. The lowest BCUT2D eigenvalue weighted by Crippen LogP contribution is -2.41. The summed E-state index contributed by atoms with van der Waals surface area (Å²) in [7, 11) is -3.20. The van der Waals surface area contributed by atoms with Crippen molar-refractivity contribution in [3.63, 3.8) is 0 Å². The first-order valence-electron chi connectivity index (χ1n) is 6.82. The fraction of sp³-hybridized carbons (Fsp3) is 0.923. The van der Waals surface area contributed by atoms with Crippen LogP contribution in [0.2, 0.25) is 0 Å². The fourth-order valence-corrected chi connectivity index (χ4v) is 2.42. The average Bonchev–Trinajstić information content (AvgIpc) is 2.24. The molecule has 19 heavy (non-hydrogen) atoms. The van der Waals surface area contributed by atoms with E-state index in [0.29, 0.717) is 19.6 Å². The van der Waals surface area contributed by atoms with Crippen LogP contribution in [0.25, 0.3) is 0 Å². The van der Waals surface area contributed by atoms with Gasteiger partial charge in [-0.1, -0.05) is 40.5 Å². The van der Waals surface area contributed by atoms with E-state index < -0.39 is 15.4 Å². The van der Waals surface area contributed by atoms with Crippen LogP contribution in [-0.2, 0) is 14.8 Å². The Balaban J connectivity index is 4.25. The summed E-state index contributed by atoms with van der Waals surface area (Å²) in [4.78, 5) is 11.7. The first-order chi connectivity index (χ1) is 8.59. The summed E-state index contributed by atoms with van der Waals surface area (Å²) in [6, 6.07) is 0. The van der Waals surface area contributed by atoms with Crippen molar-refractivity contribution in [1.82, 2.24) is 9.62 Å². The number of carbonyl (C=O) groups is 1. The smallest absolute Gasteiger partial charge is 0.225 e. The number of carbonyl (C=O) groups excluding carboxylic acids is 1. The highest BCUT2D eigenvalue weighted by molar-refractivity contribution is 7.88. The molecular weight excluding hydrogens is 264 g/mol. The maximum absolute atomic E-state index is 11.7. The summed E-state index contributed by atoms with van der Waals surface area (Å²) in [6.45, 7) is 8.79. The second kappa shape index (κ2) is 7.85. The molecule has 0 aliphatic carbocycles. The quantitative estimate of drug-likeness (QED) is 0.691. The summed E-state index contributed by atoms with van der Waals surface area (Å²) in [5.74, 6) is -0.0606. The Morgan fingerprint density at radius 1 is 1.16 bits per heavy atom. The van der Waals surface area contributed by atoms with E-state index in [1.807, 2.05) is 20.8 Å². The van der Waals surface area contributed by atoms with Crippen molar-refractivity contribution in [2.24, 2.45) is 5.41 Å². The van der Waals surface area contributed by atoms with E-state index in [-0.39, 0.29) is 5.91 Å². The molecule has 6 heteroatoms. The van der Waals surface area contributed by atoms with Gasteiger partial charge in [0, 0.05) is 25.0 Å². The second-order valence-corrected chi connectivity index (χ2v) is 7.86. The standard InChI is InChI=1S/C13H28N2O3S/c1-6-7-8-10-15(19(5,17)18)11-9-14-12(16)13(2,3)4/h6-11H2,1-5H3,(H,14,16). The van der Waals surface area contributed by atoms with Crippen molar-refractivity contribution in [3.8, 4) is 0 Å². The maximum atomic E-state index is 11.7. The number of unbranched alkanes of at least 4 members (excludes halogenated alkanes) is 2. The molecule has 0 heterocycles. The highest BCUT2D eigenvalue weighted by Crippen LogP contribution is 2.12. The Bertz CT molecular complexity index is 372. The number of amides is 1. The van der Waals surface area contributed by atoms with Crippen molar-refractivity contribution in [1.29, 1.82) is 0 Å². The van der Waals surface area contributed by atoms with Gasteiger partial charge in [-0.05, 0) is 6.42 Å². The summed E-state index contributed by atoms with van der Waals surface area (Å²) >= 11 is 0. The van der Waals surface area contributed by atoms with Gasteiger partial charge in [0.25, 0.3) is 0 Å². The molecule has 0 saturated heterocycles. The minimum absolute atomic E-state index is 0.0606. The average molecular weight is 292 g/mol. The van der Waals surface area contributed by atoms with Gasteiger partial charge in [-0.3, -0.25) is 4.79 Å². The molecule has 0 rings (SSSR count). The van der Waals surface area contributed by atoms with E-state index in [9.17, 15) is 13.2 Å². The van der Waals surface area contributed by atoms with Crippen LogP contribution in [-0.4, -0.2) is 44.5 Å². The van der Waals surface area contributed by atoms with Crippen LogP contribution >= 0.6 is 0 Å². The van der Waals surface area contributed by atoms with E-state index in [1.54, 1.807) is 0 Å². The Morgan fingerprint density at radius 2 is 1.74 bits per heavy atom. The van der Waals surface area contributed by atoms with Gasteiger partial charge in [0.15, 0.2) is 0 Å². The Morgan fingerprint density at radius 3 is 2.16 bits per heavy atom. The van der Waals surface area contributed by atoms with Crippen molar-refractivity contribution < 1.29 is 13.2 Å². The Labute approximate surface area is 117 Å². The zero-order valence-corrected chi connectivity index (χ0v) is 13.6. The molecule has 0 aromatic heterocycles. The molecule has 1 N–H and O–H groups in total. The van der Waals surface area contributed by atoms with E-state index in [0.717, 1.165) is 19.3 Å². The number of hydrogen-bond acceptors (Lipinski definition) is 3. The molecule has 0 saturated carbocycles. The molecule has 1 amide bonds. The molecule has 0 aliphatic rings. The normalized spacial score (nSPS) is 12.7. The molecule has 0 aromatic carbocycles. The molecule has 0 radical (unpaired) electrons. The zero-order chi connectivity index (χ0) is 15.1. The van der Waals surface area contributed by atoms with Gasteiger partial charge in [0.05, 0.1) is 6.26 Å². The summed E-state index contributed by atoms with van der Waals surface area (Å²) in [6.07, 6.45) is 4.14. The number of hydrogen-bond donors (Lipinski definition) is 1. The highest BCUT2D eigenvalue weighted by atomic mass is 32.2. The van der Waals surface area contributed by atoms with Gasteiger partial charge in [-0.2, -0.15) is 0 Å². The molecule has 0 fully saturated rings. The monoisotopic (exact) mass is 292 g/mol. The SMILES string of the molecule is CCCCCN(CCNC(=O)C(C)(C)C)S(C)(=O)=O. The maximum Gasteiger partial charge on any atom is 0.225 e. The second-order valence-electron chi connectivity index (χ2n) is 5.88. The van der Waals surface area contributed by atoms with Crippen molar-refractivity contribution in [3.05, 3.63) is 0 Å². The topological polar surface area (TPSA) is 66.5 Å². The van der Waals surface area contributed by atoms with Crippen molar-refractivity contribution in [2.75, 3.05) is 25.9 Å². The van der Waals surface area contributed by atoms with Crippen molar-refractivity contribution in [2.45, 2.75) is 47.0 Å². The van der Waals surface area contributed by atoms with E-state index in [1.165, 1.54) is 10.6 Å². The highest BCUT2D eigenvalue weighted by Gasteiger charge is 2.21. The first-order valence-corrected chi connectivity index (χ1v) is 8.67. The van der Waals surface area contributed by atoms with E-state index in [4.69, 9.17) is 0 Å². The number of nitrogens with zero attached hydrogens (tertiary/aromatic N) is 1. The Hall–Kier alpha value is -0.620. The molecular formula is C13H28N2O3S. The fourth-order valence-electron chi connectivity index (χ4n) is 1.54. The third kappa shape index (κ3) is 8.21. The van der Waals surface area contributed by atoms with Gasteiger partial charge in [0.2, 0.25) is 15.9 Å². The minimum Gasteiger partial charge on any atom is -0.354 e. The summed E-state index contributed by atoms with van der Waals surface area (Å²) in [5, 5.41) is 2.77. The third-order valence-electron chi connectivity index (χ3n) is 2.81. The van der Waals surface area contributed by atoms with E-state index in [2.05, 4.69) is 12.2 Å². The predicted octanol–water partition coefficient (Wildman–Crippen LogP) is 1.60. The zero-order valence-electron chi connectivity index (χ0n) is 12.8. The molecule has 0 bridgehead atoms.